The van der Waals surface area contributed by atoms with Crippen molar-refractivity contribution in [2.45, 2.75) is 12.8 Å². The van der Waals surface area contributed by atoms with Crippen molar-refractivity contribution in [3.63, 3.8) is 0 Å². The molecule has 0 unspecified atom stereocenters. The van der Waals surface area contributed by atoms with Gasteiger partial charge in [-0.05, 0) is 25.0 Å². The Morgan fingerprint density at radius 1 is 1.45 bits per heavy atom. The molecule has 2 aromatic rings. The van der Waals surface area contributed by atoms with E-state index in [0.29, 0.717) is 28.1 Å². The molecule has 2 rings (SSSR count). The summed E-state index contributed by atoms with van der Waals surface area (Å²) in [6.07, 6.45) is 1.71. The van der Waals surface area contributed by atoms with E-state index in [1.807, 2.05) is 0 Å². The predicted molar refractivity (Wildman–Crippen MR) is 79.6 cm³/mol. The van der Waals surface area contributed by atoms with Gasteiger partial charge in [0, 0.05) is 25.0 Å². The van der Waals surface area contributed by atoms with E-state index in [4.69, 9.17) is 10.5 Å². The minimum atomic E-state index is -0.393. The summed E-state index contributed by atoms with van der Waals surface area (Å²) >= 11 is 1.21. The van der Waals surface area contributed by atoms with E-state index in [9.17, 15) is 9.18 Å². The first-order valence-corrected chi connectivity index (χ1v) is 7.20. The number of amides is 1. The average Bonchev–Trinajstić information content (AvgIpc) is 2.77. The molecule has 0 saturated heterocycles. The number of thiophene rings is 1. The molecule has 1 amide bonds. The number of fused-ring (bicyclic) bond motifs is 1. The molecule has 0 aliphatic rings. The van der Waals surface area contributed by atoms with Crippen LogP contribution in [0, 0.1) is 5.82 Å². The van der Waals surface area contributed by atoms with Gasteiger partial charge in [-0.1, -0.05) is 6.07 Å². The number of anilines is 1. The highest BCUT2D eigenvalue weighted by Gasteiger charge is 2.18. The molecule has 0 bridgehead atoms. The highest BCUT2D eigenvalue weighted by atomic mass is 32.1. The summed E-state index contributed by atoms with van der Waals surface area (Å²) in [5.74, 6) is -0.643. The molecular formula is C14H17FN2O2S. The zero-order valence-electron chi connectivity index (χ0n) is 11.2. The number of hydrogen-bond donors (Lipinski definition) is 2. The highest BCUT2D eigenvalue weighted by molar-refractivity contribution is 7.21. The van der Waals surface area contributed by atoms with Crippen LogP contribution in [0.1, 0.15) is 22.5 Å². The maximum Gasteiger partial charge on any atom is 0.263 e. The largest absolute Gasteiger partial charge is 0.397 e. The monoisotopic (exact) mass is 296 g/mol. The topological polar surface area (TPSA) is 64.3 Å². The van der Waals surface area contributed by atoms with Crippen LogP contribution in [0.15, 0.2) is 18.2 Å². The fourth-order valence-corrected chi connectivity index (χ4v) is 3.00. The number of hydrogen-bond acceptors (Lipinski definition) is 4. The van der Waals surface area contributed by atoms with Crippen LogP contribution in [0.5, 0.6) is 0 Å². The van der Waals surface area contributed by atoms with Crippen molar-refractivity contribution in [1.29, 1.82) is 0 Å². The summed E-state index contributed by atoms with van der Waals surface area (Å²) in [4.78, 5) is 12.4. The molecule has 0 radical (unpaired) electrons. The van der Waals surface area contributed by atoms with E-state index >= 15 is 0 Å². The number of carbonyl (C=O) groups excluding carboxylic acids is 1. The Bertz CT molecular complexity index is 612. The predicted octanol–water partition coefficient (Wildman–Crippen LogP) is 2.78. The SMILES string of the molecule is COCCCCNC(=O)c1sc2cccc(F)c2c1N. The van der Waals surface area contributed by atoms with Crippen LogP contribution in [0.4, 0.5) is 10.1 Å². The number of carbonyl (C=O) groups is 1. The lowest BCUT2D eigenvalue weighted by Crippen LogP contribution is -2.24. The first-order valence-electron chi connectivity index (χ1n) is 6.38. The summed E-state index contributed by atoms with van der Waals surface area (Å²) in [5, 5.41) is 3.13. The quantitative estimate of drug-likeness (QED) is 0.806. The van der Waals surface area contributed by atoms with E-state index in [2.05, 4.69) is 5.32 Å². The van der Waals surface area contributed by atoms with Crippen LogP contribution >= 0.6 is 11.3 Å². The van der Waals surface area contributed by atoms with Gasteiger partial charge in [-0.25, -0.2) is 4.39 Å². The van der Waals surface area contributed by atoms with E-state index < -0.39 is 5.82 Å². The van der Waals surface area contributed by atoms with Crippen molar-refractivity contribution in [1.82, 2.24) is 5.32 Å². The van der Waals surface area contributed by atoms with Gasteiger partial charge in [0.15, 0.2) is 0 Å². The molecule has 0 aliphatic heterocycles. The van der Waals surface area contributed by atoms with Crippen molar-refractivity contribution < 1.29 is 13.9 Å². The number of ether oxygens (including phenoxy) is 1. The molecule has 0 fully saturated rings. The van der Waals surface area contributed by atoms with Crippen LogP contribution in [-0.4, -0.2) is 26.2 Å². The normalized spacial score (nSPS) is 10.9. The lowest BCUT2D eigenvalue weighted by atomic mass is 10.2. The third-order valence-corrected chi connectivity index (χ3v) is 4.14. The summed E-state index contributed by atoms with van der Waals surface area (Å²) in [7, 11) is 1.64. The van der Waals surface area contributed by atoms with Crippen molar-refractivity contribution in [3.8, 4) is 0 Å². The van der Waals surface area contributed by atoms with Crippen LogP contribution in [0.25, 0.3) is 10.1 Å². The molecule has 0 spiro atoms. The number of nitrogen functional groups attached to an aromatic ring is 1. The van der Waals surface area contributed by atoms with E-state index in [-0.39, 0.29) is 11.6 Å². The summed E-state index contributed by atoms with van der Waals surface area (Å²) < 4.78 is 19.3. The third kappa shape index (κ3) is 3.08. The Morgan fingerprint density at radius 2 is 2.25 bits per heavy atom. The first-order chi connectivity index (χ1) is 9.65. The fraction of sp³-hybridized carbons (Fsp3) is 0.357. The van der Waals surface area contributed by atoms with Crippen molar-refractivity contribution in [2.24, 2.45) is 0 Å². The molecule has 0 atom stereocenters. The average molecular weight is 296 g/mol. The Hall–Kier alpha value is -1.66. The number of halogens is 1. The van der Waals surface area contributed by atoms with Gasteiger partial charge in [0.1, 0.15) is 10.7 Å². The second-order valence-corrected chi connectivity index (χ2v) is 5.47. The Kier molecular flexibility index (Phi) is 4.92. The Labute approximate surface area is 120 Å². The minimum Gasteiger partial charge on any atom is -0.397 e. The maximum absolute atomic E-state index is 13.7. The zero-order valence-corrected chi connectivity index (χ0v) is 12.1. The molecule has 108 valence electrons. The molecule has 1 aromatic carbocycles. The van der Waals surface area contributed by atoms with Gasteiger partial charge in [-0.2, -0.15) is 0 Å². The number of nitrogens with two attached hydrogens (primary N) is 1. The highest BCUT2D eigenvalue weighted by Crippen LogP contribution is 2.35. The smallest absolute Gasteiger partial charge is 0.263 e. The molecule has 20 heavy (non-hydrogen) atoms. The second kappa shape index (κ2) is 6.67. The molecule has 1 aromatic heterocycles. The molecule has 6 heteroatoms. The van der Waals surface area contributed by atoms with Gasteiger partial charge in [0.25, 0.3) is 5.91 Å². The van der Waals surface area contributed by atoms with Gasteiger partial charge in [-0.15, -0.1) is 11.3 Å². The third-order valence-electron chi connectivity index (χ3n) is 2.97. The lowest BCUT2D eigenvalue weighted by Gasteiger charge is -2.04. The molecule has 3 N–H and O–H groups in total. The van der Waals surface area contributed by atoms with E-state index in [1.54, 1.807) is 19.2 Å². The fourth-order valence-electron chi connectivity index (χ4n) is 1.95. The Morgan fingerprint density at radius 3 is 2.95 bits per heavy atom. The molecule has 0 aliphatic carbocycles. The van der Waals surface area contributed by atoms with Crippen LogP contribution < -0.4 is 11.1 Å². The van der Waals surface area contributed by atoms with Crippen molar-refractivity contribution in [2.75, 3.05) is 26.0 Å². The molecule has 4 nitrogen and oxygen atoms in total. The number of methoxy groups -OCH3 is 1. The second-order valence-electron chi connectivity index (χ2n) is 4.41. The van der Waals surface area contributed by atoms with Crippen LogP contribution in [0.3, 0.4) is 0 Å². The number of benzene rings is 1. The van der Waals surface area contributed by atoms with Crippen molar-refractivity contribution >= 4 is 33.0 Å². The number of rotatable bonds is 6. The van der Waals surface area contributed by atoms with Gasteiger partial charge < -0.3 is 15.8 Å². The lowest BCUT2D eigenvalue weighted by molar-refractivity contribution is 0.0956. The molecular weight excluding hydrogens is 279 g/mol. The van der Waals surface area contributed by atoms with Gasteiger partial charge in [0.2, 0.25) is 0 Å². The zero-order chi connectivity index (χ0) is 14.5. The van der Waals surface area contributed by atoms with Gasteiger partial charge in [0.05, 0.1) is 11.1 Å². The minimum absolute atomic E-state index is 0.220. The van der Waals surface area contributed by atoms with Crippen LogP contribution in [0.2, 0.25) is 0 Å². The van der Waals surface area contributed by atoms with Gasteiger partial charge >= 0.3 is 0 Å². The summed E-state index contributed by atoms with van der Waals surface area (Å²) in [6, 6.07) is 4.71. The van der Waals surface area contributed by atoms with Crippen LogP contribution in [-0.2, 0) is 4.74 Å². The van der Waals surface area contributed by atoms with E-state index in [0.717, 1.165) is 12.8 Å². The summed E-state index contributed by atoms with van der Waals surface area (Å²) in [6.45, 7) is 1.23. The molecule has 0 saturated carbocycles. The van der Waals surface area contributed by atoms with Gasteiger partial charge in [-0.3, -0.25) is 4.79 Å². The number of nitrogens with one attached hydrogen (secondary N) is 1. The van der Waals surface area contributed by atoms with Crippen molar-refractivity contribution in [3.05, 3.63) is 28.9 Å². The standard InChI is InChI=1S/C14H17FN2O2S/c1-19-8-3-2-7-17-14(18)13-12(16)11-9(15)5-4-6-10(11)20-13/h4-6H,2-3,7-8,16H2,1H3,(H,17,18). The number of unbranched alkanes of at least 4 members (excludes halogenated alkanes) is 1. The molecule has 1 heterocycles. The van der Waals surface area contributed by atoms with E-state index in [1.165, 1.54) is 17.4 Å². The first kappa shape index (κ1) is 14.7. The Balaban J connectivity index is 2.07. The summed E-state index contributed by atoms with van der Waals surface area (Å²) in [5.41, 5.74) is 6.10. The maximum atomic E-state index is 13.7.